The van der Waals surface area contributed by atoms with Crippen LogP contribution in [0.15, 0.2) is 72.3 Å². The highest BCUT2D eigenvalue weighted by Gasteiger charge is 2.14. The van der Waals surface area contributed by atoms with E-state index in [2.05, 4.69) is 46.7 Å². The van der Waals surface area contributed by atoms with Crippen molar-refractivity contribution in [3.8, 4) is 17.6 Å². The van der Waals surface area contributed by atoms with E-state index in [9.17, 15) is 10.1 Å². The molecule has 0 atom stereocenters. The van der Waals surface area contributed by atoms with Crippen LogP contribution in [0.3, 0.4) is 0 Å². The molecule has 180 valence electrons. The minimum Gasteiger partial charge on any atom is -0.497 e. The highest BCUT2D eigenvalue weighted by Crippen LogP contribution is 2.29. The number of rotatable bonds is 10. The highest BCUT2D eigenvalue weighted by atomic mass is 127. The molecule has 0 aromatic heterocycles. The van der Waals surface area contributed by atoms with E-state index in [1.807, 2.05) is 48.5 Å². The van der Waals surface area contributed by atoms with Gasteiger partial charge in [-0.3, -0.25) is 4.79 Å². The van der Waals surface area contributed by atoms with Gasteiger partial charge in [0.1, 0.15) is 29.7 Å². The lowest BCUT2D eigenvalue weighted by molar-refractivity contribution is -0.112. The number of carbonyl (C=O) groups excluding carboxylic acids is 1. The maximum Gasteiger partial charge on any atom is 0.266 e. The van der Waals surface area contributed by atoms with E-state index in [-0.39, 0.29) is 5.57 Å². The van der Waals surface area contributed by atoms with Crippen molar-refractivity contribution in [2.24, 2.45) is 0 Å². The van der Waals surface area contributed by atoms with Crippen LogP contribution in [0, 0.1) is 14.9 Å². The molecule has 0 unspecified atom stereocenters. The van der Waals surface area contributed by atoms with Crippen LogP contribution in [-0.2, 0) is 11.4 Å². The SMILES string of the molecule is CCN(CC)c1ccc(/C=C(\C#N)C(=O)Nc2ccc(OC)cc2)c(OCc2ccc(I)cc2)c1. The number of nitriles is 1. The zero-order chi connectivity index (χ0) is 25.2. The monoisotopic (exact) mass is 581 g/mol. The number of hydrogen-bond acceptors (Lipinski definition) is 5. The summed E-state index contributed by atoms with van der Waals surface area (Å²) in [6.45, 7) is 6.28. The number of ether oxygens (including phenoxy) is 2. The fraction of sp³-hybridized carbons (Fsp3) is 0.214. The lowest BCUT2D eigenvalue weighted by Crippen LogP contribution is -2.21. The number of benzene rings is 3. The van der Waals surface area contributed by atoms with Crippen LogP contribution in [0.1, 0.15) is 25.0 Å². The van der Waals surface area contributed by atoms with E-state index in [0.29, 0.717) is 29.4 Å². The maximum atomic E-state index is 12.8. The molecule has 3 rings (SSSR count). The van der Waals surface area contributed by atoms with Gasteiger partial charge in [-0.1, -0.05) is 12.1 Å². The van der Waals surface area contributed by atoms with Gasteiger partial charge in [0.05, 0.1) is 7.11 Å². The van der Waals surface area contributed by atoms with Gasteiger partial charge in [-0.05, 0) is 96.6 Å². The number of nitrogens with zero attached hydrogens (tertiary/aromatic N) is 2. The molecule has 0 fully saturated rings. The Morgan fingerprint density at radius 3 is 2.34 bits per heavy atom. The predicted molar refractivity (Wildman–Crippen MR) is 149 cm³/mol. The molecule has 0 heterocycles. The first-order valence-corrected chi connectivity index (χ1v) is 12.4. The largest absolute Gasteiger partial charge is 0.497 e. The van der Waals surface area contributed by atoms with E-state index in [0.717, 1.165) is 27.9 Å². The summed E-state index contributed by atoms with van der Waals surface area (Å²) >= 11 is 2.27. The number of anilines is 2. The Bertz CT molecular complexity index is 1210. The van der Waals surface area contributed by atoms with Gasteiger partial charge in [-0.25, -0.2) is 0 Å². The Kier molecular flexibility index (Phi) is 9.56. The van der Waals surface area contributed by atoms with Crippen LogP contribution in [0.2, 0.25) is 0 Å². The van der Waals surface area contributed by atoms with Gasteiger partial charge in [0, 0.05) is 39.7 Å². The number of amides is 1. The summed E-state index contributed by atoms with van der Waals surface area (Å²) in [4.78, 5) is 15.0. The summed E-state index contributed by atoms with van der Waals surface area (Å²) in [6, 6.07) is 22.9. The molecule has 3 aromatic rings. The zero-order valence-electron chi connectivity index (χ0n) is 20.0. The standard InChI is InChI=1S/C28H28IN3O3/c1-4-32(5-2)25-13-8-21(27(17-25)35-19-20-6-9-23(29)10-7-20)16-22(18-30)28(33)31-24-11-14-26(34-3)15-12-24/h6-17H,4-5,19H2,1-3H3,(H,31,33)/b22-16+. The van der Waals surface area contributed by atoms with Crippen LogP contribution >= 0.6 is 22.6 Å². The number of carbonyl (C=O) groups is 1. The molecule has 7 heteroatoms. The lowest BCUT2D eigenvalue weighted by Gasteiger charge is -2.22. The summed E-state index contributed by atoms with van der Waals surface area (Å²) in [5.74, 6) is 0.800. The molecule has 0 bridgehead atoms. The van der Waals surface area contributed by atoms with E-state index in [1.54, 1.807) is 37.5 Å². The van der Waals surface area contributed by atoms with Gasteiger partial charge >= 0.3 is 0 Å². The molecule has 0 aliphatic carbocycles. The van der Waals surface area contributed by atoms with E-state index >= 15 is 0 Å². The van der Waals surface area contributed by atoms with Gasteiger partial charge < -0.3 is 19.7 Å². The molecule has 0 aliphatic heterocycles. The molecule has 0 spiro atoms. The fourth-order valence-electron chi connectivity index (χ4n) is 3.47. The molecule has 0 saturated heterocycles. The average molecular weight is 581 g/mol. The lowest BCUT2D eigenvalue weighted by atomic mass is 10.1. The second-order valence-electron chi connectivity index (χ2n) is 7.66. The van der Waals surface area contributed by atoms with Crippen molar-refractivity contribution in [3.05, 3.63) is 87.0 Å². The first kappa shape index (κ1) is 26.1. The molecular formula is C28H28IN3O3. The minimum atomic E-state index is -0.492. The third-order valence-corrected chi connectivity index (χ3v) is 6.17. The van der Waals surface area contributed by atoms with E-state index in [4.69, 9.17) is 9.47 Å². The smallest absolute Gasteiger partial charge is 0.266 e. The summed E-state index contributed by atoms with van der Waals surface area (Å²) in [5.41, 5.74) is 3.27. The topological polar surface area (TPSA) is 74.6 Å². The second kappa shape index (κ2) is 12.8. The van der Waals surface area contributed by atoms with Crippen LogP contribution in [0.4, 0.5) is 11.4 Å². The van der Waals surface area contributed by atoms with Crippen molar-refractivity contribution in [1.82, 2.24) is 0 Å². The first-order valence-electron chi connectivity index (χ1n) is 11.3. The summed E-state index contributed by atoms with van der Waals surface area (Å²) in [5, 5.41) is 12.5. The Labute approximate surface area is 220 Å². The molecular weight excluding hydrogens is 553 g/mol. The first-order chi connectivity index (χ1) is 17.0. The quantitative estimate of drug-likeness (QED) is 0.174. The number of halogens is 1. The van der Waals surface area contributed by atoms with Crippen molar-refractivity contribution in [2.75, 3.05) is 30.4 Å². The van der Waals surface area contributed by atoms with Crippen molar-refractivity contribution in [1.29, 1.82) is 5.26 Å². The van der Waals surface area contributed by atoms with Crippen LogP contribution in [0.5, 0.6) is 11.5 Å². The van der Waals surface area contributed by atoms with E-state index < -0.39 is 5.91 Å². The second-order valence-corrected chi connectivity index (χ2v) is 8.91. The van der Waals surface area contributed by atoms with Crippen LogP contribution in [0.25, 0.3) is 6.08 Å². The van der Waals surface area contributed by atoms with Crippen molar-refractivity contribution in [3.63, 3.8) is 0 Å². The minimum absolute atomic E-state index is 0.0180. The Morgan fingerprint density at radius 1 is 1.06 bits per heavy atom. The Hall–Kier alpha value is -3.51. The maximum absolute atomic E-state index is 12.8. The van der Waals surface area contributed by atoms with Gasteiger partial charge in [0.25, 0.3) is 5.91 Å². The number of nitrogens with one attached hydrogen (secondary N) is 1. The molecule has 0 radical (unpaired) electrons. The molecule has 0 saturated carbocycles. The highest BCUT2D eigenvalue weighted by molar-refractivity contribution is 14.1. The number of methoxy groups -OCH3 is 1. The third-order valence-electron chi connectivity index (χ3n) is 5.45. The normalized spacial score (nSPS) is 10.9. The molecule has 6 nitrogen and oxygen atoms in total. The number of hydrogen-bond donors (Lipinski definition) is 1. The van der Waals surface area contributed by atoms with Crippen molar-refractivity contribution in [2.45, 2.75) is 20.5 Å². The van der Waals surface area contributed by atoms with Gasteiger partial charge in [-0.2, -0.15) is 5.26 Å². The zero-order valence-corrected chi connectivity index (χ0v) is 22.2. The van der Waals surface area contributed by atoms with Crippen LogP contribution < -0.4 is 19.7 Å². The van der Waals surface area contributed by atoms with Gasteiger partial charge in [0.15, 0.2) is 0 Å². The van der Waals surface area contributed by atoms with Gasteiger partial charge in [-0.15, -0.1) is 0 Å². The summed E-state index contributed by atoms with van der Waals surface area (Å²) < 4.78 is 12.5. The summed E-state index contributed by atoms with van der Waals surface area (Å²) in [6.07, 6.45) is 1.56. The third kappa shape index (κ3) is 7.23. The fourth-order valence-corrected chi connectivity index (χ4v) is 3.83. The summed E-state index contributed by atoms with van der Waals surface area (Å²) in [7, 11) is 1.58. The van der Waals surface area contributed by atoms with Gasteiger partial charge in [0.2, 0.25) is 0 Å². The molecule has 3 aromatic carbocycles. The molecule has 0 aliphatic rings. The predicted octanol–water partition coefficient (Wildman–Crippen LogP) is 6.27. The van der Waals surface area contributed by atoms with E-state index in [1.165, 1.54) is 0 Å². The average Bonchev–Trinajstić information content (AvgIpc) is 2.88. The van der Waals surface area contributed by atoms with Crippen molar-refractivity contribution >= 4 is 45.9 Å². The molecule has 1 N–H and O–H groups in total. The van der Waals surface area contributed by atoms with Crippen molar-refractivity contribution < 1.29 is 14.3 Å². The Balaban J connectivity index is 1.89. The Morgan fingerprint density at radius 2 is 1.74 bits per heavy atom. The molecule has 35 heavy (non-hydrogen) atoms. The van der Waals surface area contributed by atoms with Crippen LogP contribution in [-0.4, -0.2) is 26.1 Å². The molecule has 1 amide bonds.